The van der Waals surface area contributed by atoms with Gasteiger partial charge >= 0.3 is 0 Å². The van der Waals surface area contributed by atoms with Gasteiger partial charge in [-0.2, -0.15) is 11.8 Å². The smallest absolute Gasteiger partial charge is 0.241 e. The molecular weight excluding hydrogens is 352 g/mol. The van der Waals surface area contributed by atoms with Crippen molar-refractivity contribution in [2.24, 2.45) is 4.99 Å². The molecule has 2 rings (SSSR count). The number of para-hydroxylation sites is 1. The normalized spacial score (nSPS) is 13.7. The molecule has 1 aromatic carbocycles. The molecule has 0 aromatic heterocycles. The lowest BCUT2D eigenvalue weighted by Gasteiger charge is -2.15. The number of guanidine groups is 1. The molecule has 0 aliphatic carbocycles. The van der Waals surface area contributed by atoms with Crippen LogP contribution in [0.4, 0.5) is 0 Å². The van der Waals surface area contributed by atoms with Crippen molar-refractivity contribution in [2.75, 3.05) is 52.4 Å². The van der Waals surface area contributed by atoms with Gasteiger partial charge in [0.05, 0.1) is 26.3 Å². The molecule has 8 heteroatoms. The quantitative estimate of drug-likeness (QED) is 0.422. The van der Waals surface area contributed by atoms with Gasteiger partial charge in [0.15, 0.2) is 17.5 Å². The topological polar surface area (TPSA) is 75.2 Å². The van der Waals surface area contributed by atoms with Gasteiger partial charge in [-0.05, 0) is 12.3 Å². The van der Waals surface area contributed by atoms with Crippen molar-refractivity contribution in [1.29, 1.82) is 0 Å². The molecule has 7 nitrogen and oxygen atoms in total. The third kappa shape index (κ3) is 6.33. The van der Waals surface area contributed by atoms with E-state index in [9.17, 15) is 4.79 Å². The number of carbonyl (C=O) groups is 1. The summed E-state index contributed by atoms with van der Waals surface area (Å²) in [5.41, 5.74) is 0.967. The highest BCUT2D eigenvalue weighted by Gasteiger charge is 2.14. The summed E-state index contributed by atoms with van der Waals surface area (Å²) < 4.78 is 11.6. The number of thioether (sulfide) groups is 1. The lowest BCUT2D eigenvalue weighted by molar-refractivity contribution is -0.127. The van der Waals surface area contributed by atoms with Gasteiger partial charge in [0.1, 0.15) is 0 Å². The first-order chi connectivity index (χ1) is 12.6. The van der Waals surface area contributed by atoms with E-state index in [1.165, 1.54) is 0 Å². The highest BCUT2D eigenvalue weighted by Crippen LogP contribution is 2.33. The minimum atomic E-state index is -0.00493. The monoisotopic (exact) mass is 380 g/mol. The van der Waals surface area contributed by atoms with Crippen LogP contribution in [0.1, 0.15) is 12.0 Å². The van der Waals surface area contributed by atoms with Crippen molar-refractivity contribution >= 4 is 23.6 Å². The summed E-state index contributed by atoms with van der Waals surface area (Å²) in [6.07, 6.45) is 2.92. The van der Waals surface area contributed by atoms with Crippen LogP contribution in [0.5, 0.6) is 11.5 Å². The SMILES string of the molecule is CSCCNC(=NCc1cccc2c1OCCCO2)NCC(=O)N(C)C. The number of carbonyl (C=O) groups excluding carboxylic acids is 1. The largest absolute Gasteiger partial charge is 0.490 e. The molecule has 1 amide bonds. The van der Waals surface area contributed by atoms with E-state index < -0.39 is 0 Å². The maximum atomic E-state index is 11.8. The predicted octanol–water partition coefficient (Wildman–Crippen LogP) is 1.33. The van der Waals surface area contributed by atoms with Crippen molar-refractivity contribution in [2.45, 2.75) is 13.0 Å². The highest BCUT2D eigenvalue weighted by molar-refractivity contribution is 7.98. The lowest BCUT2D eigenvalue weighted by Crippen LogP contribution is -2.43. The van der Waals surface area contributed by atoms with Gasteiger partial charge in [-0.15, -0.1) is 0 Å². The molecule has 1 aliphatic rings. The zero-order chi connectivity index (χ0) is 18.8. The van der Waals surface area contributed by atoms with Crippen molar-refractivity contribution < 1.29 is 14.3 Å². The van der Waals surface area contributed by atoms with Crippen LogP contribution in [-0.4, -0.2) is 69.2 Å². The van der Waals surface area contributed by atoms with Crippen LogP contribution in [0.15, 0.2) is 23.2 Å². The summed E-state index contributed by atoms with van der Waals surface area (Å²) in [6, 6.07) is 5.85. The molecule has 0 saturated carbocycles. The summed E-state index contributed by atoms with van der Waals surface area (Å²) in [5, 5.41) is 6.34. The van der Waals surface area contributed by atoms with Crippen molar-refractivity contribution in [1.82, 2.24) is 15.5 Å². The molecule has 1 aliphatic heterocycles. The molecule has 0 spiro atoms. The van der Waals surface area contributed by atoms with E-state index in [4.69, 9.17) is 9.47 Å². The number of hydrogen-bond donors (Lipinski definition) is 2. The maximum Gasteiger partial charge on any atom is 0.241 e. The summed E-state index contributed by atoms with van der Waals surface area (Å²) in [5.74, 6) is 3.10. The first kappa shape index (κ1) is 20.2. The van der Waals surface area contributed by atoms with Gasteiger partial charge in [0.25, 0.3) is 0 Å². The molecule has 0 fully saturated rings. The summed E-state index contributed by atoms with van der Waals surface area (Å²) in [4.78, 5) is 18.0. The Morgan fingerprint density at radius 2 is 2.08 bits per heavy atom. The third-order valence-electron chi connectivity index (χ3n) is 3.77. The van der Waals surface area contributed by atoms with Gasteiger partial charge in [0.2, 0.25) is 5.91 Å². The Bertz CT molecular complexity index is 622. The van der Waals surface area contributed by atoms with E-state index >= 15 is 0 Å². The van der Waals surface area contributed by atoms with Crippen LogP contribution in [0.2, 0.25) is 0 Å². The minimum Gasteiger partial charge on any atom is -0.490 e. The number of ether oxygens (including phenoxy) is 2. The molecule has 1 heterocycles. The van der Waals surface area contributed by atoms with Gasteiger partial charge in [-0.1, -0.05) is 12.1 Å². The second-order valence-electron chi connectivity index (χ2n) is 6.02. The lowest BCUT2D eigenvalue weighted by atomic mass is 10.2. The Morgan fingerprint density at radius 1 is 1.27 bits per heavy atom. The van der Waals surface area contributed by atoms with E-state index in [0.29, 0.717) is 25.7 Å². The van der Waals surface area contributed by atoms with Crippen molar-refractivity contribution in [3.63, 3.8) is 0 Å². The molecule has 0 unspecified atom stereocenters. The third-order valence-corrected chi connectivity index (χ3v) is 4.38. The molecule has 0 saturated heterocycles. The minimum absolute atomic E-state index is 0.00493. The highest BCUT2D eigenvalue weighted by atomic mass is 32.2. The number of amides is 1. The Hall–Kier alpha value is -2.09. The number of nitrogens with one attached hydrogen (secondary N) is 2. The second-order valence-corrected chi connectivity index (χ2v) is 7.01. The number of rotatable bonds is 7. The molecule has 1 aromatic rings. The standard InChI is InChI=1S/C18H28N4O3S/c1-22(2)16(23)13-21-18(19-8-11-26-3)20-12-14-6-4-7-15-17(14)25-10-5-9-24-15/h4,6-7H,5,8-13H2,1-3H3,(H2,19,20,21). The molecule has 26 heavy (non-hydrogen) atoms. The van der Waals surface area contributed by atoms with Crippen LogP contribution >= 0.6 is 11.8 Å². The second kappa shape index (κ2) is 10.8. The Balaban J connectivity index is 2.07. The number of fused-ring (bicyclic) bond motifs is 1. The maximum absolute atomic E-state index is 11.8. The molecule has 0 bridgehead atoms. The number of benzene rings is 1. The van der Waals surface area contributed by atoms with Crippen LogP contribution in [0.3, 0.4) is 0 Å². The van der Waals surface area contributed by atoms with Crippen molar-refractivity contribution in [3.8, 4) is 11.5 Å². The van der Waals surface area contributed by atoms with Gasteiger partial charge in [-0.25, -0.2) is 4.99 Å². The van der Waals surface area contributed by atoms with Gasteiger partial charge < -0.3 is 25.0 Å². The molecule has 0 radical (unpaired) electrons. The molecule has 0 atom stereocenters. The number of likely N-dealkylation sites (N-methyl/N-ethyl adjacent to an activating group) is 1. The predicted molar refractivity (Wildman–Crippen MR) is 106 cm³/mol. The summed E-state index contributed by atoms with van der Waals surface area (Å²) >= 11 is 1.75. The zero-order valence-corrected chi connectivity index (χ0v) is 16.5. The van der Waals surface area contributed by atoms with E-state index in [1.54, 1.807) is 30.8 Å². The van der Waals surface area contributed by atoms with Crippen LogP contribution < -0.4 is 20.1 Å². The molecular formula is C18H28N4O3S. The van der Waals surface area contributed by atoms with E-state index in [2.05, 4.69) is 21.9 Å². The summed E-state index contributed by atoms with van der Waals surface area (Å²) in [6.45, 7) is 2.72. The summed E-state index contributed by atoms with van der Waals surface area (Å²) in [7, 11) is 3.47. The Morgan fingerprint density at radius 3 is 2.85 bits per heavy atom. The fourth-order valence-electron chi connectivity index (χ4n) is 2.31. The number of hydrogen-bond acceptors (Lipinski definition) is 5. The number of nitrogens with zero attached hydrogens (tertiary/aromatic N) is 2. The first-order valence-corrected chi connectivity index (χ1v) is 10.1. The fourth-order valence-corrected chi connectivity index (χ4v) is 2.61. The molecule has 2 N–H and O–H groups in total. The average Bonchev–Trinajstić information content (AvgIpc) is 2.89. The Labute approximate surface area is 159 Å². The molecule has 144 valence electrons. The van der Waals surface area contributed by atoms with E-state index in [1.807, 2.05) is 18.2 Å². The average molecular weight is 381 g/mol. The zero-order valence-electron chi connectivity index (χ0n) is 15.7. The van der Waals surface area contributed by atoms with Gasteiger partial charge in [0, 0.05) is 38.4 Å². The van der Waals surface area contributed by atoms with Crippen LogP contribution in [-0.2, 0) is 11.3 Å². The van der Waals surface area contributed by atoms with Gasteiger partial charge in [-0.3, -0.25) is 4.79 Å². The van der Waals surface area contributed by atoms with Crippen molar-refractivity contribution in [3.05, 3.63) is 23.8 Å². The Kier molecular flexibility index (Phi) is 8.40. The van der Waals surface area contributed by atoms with Crippen LogP contribution in [0.25, 0.3) is 0 Å². The number of aliphatic imine (C=N–C) groups is 1. The fraction of sp³-hybridized carbons (Fsp3) is 0.556. The van der Waals surface area contributed by atoms with Crippen LogP contribution in [0, 0.1) is 0 Å². The first-order valence-electron chi connectivity index (χ1n) is 8.70. The van der Waals surface area contributed by atoms with E-state index in [-0.39, 0.29) is 12.5 Å². The van der Waals surface area contributed by atoms with E-state index in [0.717, 1.165) is 35.8 Å².